The predicted octanol–water partition coefficient (Wildman–Crippen LogP) is 5.30. The smallest absolute Gasteiger partial charge is 0.211 e. The Morgan fingerprint density at radius 1 is 1.12 bits per heavy atom. The van der Waals surface area contributed by atoms with E-state index in [9.17, 15) is 8.42 Å². The van der Waals surface area contributed by atoms with Gasteiger partial charge in [0.15, 0.2) is 0 Å². The lowest BCUT2D eigenvalue weighted by molar-refractivity contribution is 0.257. The number of rotatable bonds is 5. The van der Waals surface area contributed by atoms with Gasteiger partial charge >= 0.3 is 0 Å². The molecule has 1 atom stereocenters. The monoisotopic (exact) mass is 383 g/mol. The lowest BCUT2D eigenvalue weighted by Gasteiger charge is -2.33. The second-order valence-corrected chi connectivity index (χ2v) is 17.2. The summed E-state index contributed by atoms with van der Waals surface area (Å²) in [4.78, 5) is 1.13. The van der Waals surface area contributed by atoms with E-state index < -0.39 is 18.1 Å². The molecule has 3 rings (SSSR count). The third-order valence-electron chi connectivity index (χ3n) is 5.13. The van der Waals surface area contributed by atoms with E-state index >= 15 is 0 Å². The van der Waals surface area contributed by atoms with Gasteiger partial charge in [0.05, 0.1) is 11.8 Å². The van der Waals surface area contributed by atoms with Gasteiger partial charge in [-0.3, -0.25) is 0 Å². The highest BCUT2D eigenvalue weighted by molar-refractivity contribution is 8.08. The van der Waals surface area contributed by atoms with Gasteiger partial charge in [-0.05, 0) is 48.4 Å². The summed E-state index contributed by atoms with van der Waals surface area (Å²) < 4.78 is 28.0. The molecule has 1 saturated carbocycles. The minimum absolute atomic E-state index is 0.0399. The second kappa shape index (κ2) is 7.14. The minimum atomic E-state index is -3.23. The van der Waals surface area contributed by atoms with Crippen molar-refractivity contribution in [1.29, 1.82) is 0 Å². The average molecular weight is 384 g/mol. The number of hydrogen-bond donors (Lipinski definition) is 0. The van der Waals surface area contributed by atoms with Crippen molar-refractivity contribution < 1.29 is 8.42 Å². The maximum Gasteiger partial charge on any atom is 0.223 e. The zero-order valence-corrected chi connectivity index (χ0v) is 17.6. The van der Waals surface area contributed by atoms with Gasteiger partial charge in [-0.25, -0.2) is 8.42 Å². The van der Waals surface area contributed by atoms with Gasteiger partial charge in [-0.1, -0.05) is 57.1 Å². The summed E-state index contributed by atoms with van der Waals surface area (Å²) in [5.41, 5.74) is 1.23. The molecule has 0 unspecified atom stereocenters. The molecule has 0 amide bonds. The maximum absolute atomic E-state index is 13.1. The van der Waals surface area contributed by atoms with Gasteiger partial charge in [0, 0.05) is 13.0 Å². The Hall–Kier alpha value is -0.303. The largest absolute Gasteiger partial charge is 0.223 e. The molecule has 6 heteroatoms. The Morgan fingerprint density at radius 2 is 1.79 bits per heavy atom. The Balaban J connectivity index is 1.88. The molecule has 2 aliphatic rings. The fraction of sp³-hybridized carbons (Fsp3) is 0.667. The van der Waals surface area contributed by atoms with Crippen molar-refractivity contribution in [3.05, 3.63) is 29.8 Å². The van der Waals surface area contributed by atoms with Crippen LogP contribution in [0.25, 0.3) is 0 Å². The second-order valence-electron chi connectivity index (χ2n) is 8.35. The summed E-state index contributed by atoms with van der Waals surface area (Å²) >= 11 is 1.46. The summed E-state index contributed by atoms with van der Waals surface area (Å²) in [6.45, 7) is 6.73. The van der Waals surface area contributed by atoms with Crippen LogP contribution in [-0.2, 0) is 10.0 Å². The molecule has 134 valence electrons. The summed E-state index contributed by atoms with van der Waals surface area (Å²) in [5.74, 6) is 0.768. The van der Waals surface area contributed by atoms with Crippen LogP contribution in [0.4, 0.5) is 0 Å². The number of sulfonamides is 1. The summed E-state index contributed by atoms with van der Waals surface area (Å²) in [6, 6.07) is 9.15. The first kappa shape index (κ1) is 18.5. The van der Waals surface area contributed by atoms with Gasteiger partial charge in [-0.15, -0.1) is 3.71 Å². The van der Waals surface area contributed by atoms with Gasteiger partial charge < -0.3 is 0 Å². The number of nitrogens with zero attached hydrogens (tertiary/aromatic N) is 1. The van der Waals surface area contributed by atoms with E-state index in [1.165, 1.54) is 36.8 Å². The van der Waals surface area contributed by atoms with Gasteiger partial charge in [0.25, 0.3) is 0 Å². The van der Waals surface area contributed by atoms with Crippen LogP contribution >= 0.6 is 11.9 Å². The average Bonchev–Trinajstić information content (AvgIpc) is 2.94. The third kappa shape index (κ3) is 4.09. The lowest BCUT2D eigenvalue weighted by atomic mass is 9.81. The molecule has 24 heavy (non-hydrogen) atoms. The van der Waals surface area contributed by atoms with Crippen molar-refractivity contribution in [2.24, 2.45) is 5.92 Å². The topological polar surface area (TPSA) is 37.4 Å². The van der Waals surface area contributed by atoms with Crippen molar-refractivity contribution in [3.63, 3.8) is 0 Å². The van der Waals surface area contributed by atoms with Crippen molar-refractivity contribution in [3.8, 4) is 0 Å². The van der Waals surface area contributed by atoms with Crippen LogP contribution in [0.15, 0.2) is 29.2 Å². The molecule has 1 heterocycles. The molecule has 0 bridgehead atoms. The van der Waals surface area contributed by atoms with Crippen LogP contribution in [0.1, 0.15) is 43.7 Å². The van der Waals surface area contributed by atoms with E-state index in [4.69, 9.17) is 0 Å². The highest BCUT2D eigenvalue weighted by atomic mass is 32.3. The van der Waals surface area contributed by atoms with E-state index in [0.717, 1.165) is 23.8 Å². The van der Waals surface area contributed by atoms with E-state index in [1.807, 2.05) is 12.1 Å². The third-order valence-corrected chi connectivity index (χ3v) is 10.6. The van der Waals surface area contributed by atoms with Crippen LogP contribution in [0, 0.1) is 5.92 Å². The molecule has 1 aliphatic heterocycles. The number of fused-ring (bicyclic) bond motifs is 1. The zero-order valence-electron chi connectivity index (χ0n) is 15.0. The number of benzene rings is 1. The molecule has 0 radical (unpaired) electrons. The van der Waals surface area contributed by atoms with Gasteiger partial charge in [0.1, 0.15) is 0 Å². The Kier molecular flexibility index (Phi) is 5.50. The van der Waals surface area contributed by atoms with Crippen molar-refractivity contribution >= 4 is 30.0 Å². The molecule has 0 aromatic heterocycles. The summed E-state index contributed by atoms with van der Waals surface area (Å²) in [7, 11) is -4.60. The molecule has 1 aromatic rings. The first-order valence-electron chi connectivity index (χ1n) is 9.07. The van der Waals surface area contributed by atoms with Crippen LogP contribution in [0.5, 0.6) is 0 Å². The molecular formula is C18H29NO2S2Si. The van der Waals surface area contributed by atoms with Crippen LogP contribution in [0.3, 0.4) is 0 Å². The van der Waals surface area contributed by atoms with E-state index in [0.29, 0.717) is 11.7 Å². The first-order valence-corrected chi connectivity index (χ1v) is 15.2. The minimum Gasteiger partial charge on any atom is -0.211 e. The SMILES string of the molecule is C[Si](C)(C)CCS(=O)(=O)N1Sc2ccccc2[C@H]1C1CCCCC1. The molecule has 0 spiro atoms. The normalized spacial score (nSPS) is 23.4. The fourth-order valence-electron chi connectivity index (χ4n) is 3.71. The molecule has 3 nitrogen and oxygen atoms in total. The number of hydrogen-bond acceptors (Lipinski definition) is 3. The standard InChI is InChI=1S/C18H29NO2S2Si/c1-24(2,3)14-13-23(20,21)19-18(15-9-5-4-6-10-15)16-11-7-8-12-17(16)22-19/h7-8,11-12,15,18H,4-6,9-10,13-14H2,1-3H3/t18-/m1/s1. The first-order chi connectivity index (χ1) is 11.3. The van der Waals surface area contributed by atoms with Gasteiger partial charge in [-0.2, -0.15) is 0 Å². The fourth-order valence-corrected chi connectivity index (χ4v) is 9.94. The predicted molar refractivity (Wildman–Crippen MR) is 105 cm³/mol. The molecule has 0 N–H and O–H groups in total. The van der Waals surface area contributed by atoms with Crippen molar-refractivity contribution in [2.75, 3.05) is 5.75 Å². The van der Waals surface area contributed by atoms with Crippen LogP contribution in [-0.4, -0.2) is 26.0 Å². The molecule has 1 aromatic carbocycles. The van der Waals surface area contributed by atoms with Crippen LogP contribution < -0.4 is 0 Å². The molecule has 1 fully saturated rings. The maximum atomic E-state index is 13.1. The Labute approximate surface area is 152 Å². The summed E-state index contributed by atoms with van der Waals surface area (Å²) in [6.07, 6.45) is 6.06. The highest BCUT2D eigenvalue weighted by Crippen LogP contribution is 2.52. The lowest BCUT2D eigenvalue weighted by Crippen LogP contribution is -2.35. The van der Waals surface area contributed by atoms with Crippen molar-refractivity contribution in [2.45, 2.75) is 68.7 Å². The summed E-state index contributed by atoms with van der Waals surface area (Å²) in [5, 5.41) is 0. The molecule has 1 aliphatic carbocycles. The molecule has 0 saturated heterocycles. The van der Waals surface area contributed by atoms with E-state index in [1.54, 1.807) is 3.71 Å². The van der Waals surface area contributed by atoms with E-state index in [2.05, 4.69) is 31.8 Å². The Morgan fingerprint density at radius 3 is 2.46 bits per heavy atom. The Bertz CT molecular complexity index is 679. The van der Waals surface area contributed by atoms with Gasteiger partial charge in [0.2, 0.25) is 10.0 Å². The van der Waals surface area contributed by atoms with E-state index in [-0.39, 0.29) is 6.04 Å². The van der Waals surface area contributed by atoms with Crippen LogP contribution in [0.2, 0.25) is 25.7 Å². The quantitative estimate of drug-likeness (QED) is 0.511. The van der Waals surface area contributed by atoms with Crippen molar-refractivity contribution in [1.82, 2.24) is 3.71 Å². The molecular weight excluding hydrogens is 354 g/mol. The zero-order chi connectivity index (χ0) is 17.4. The highest BCUT2D eigenvalue weighted by Gasteiger charge is 2.43.